The molecule has 1 saturated heterocycles. The topological polar surface area (TPSA) is 60.1 Å². The van der Waals surface area contributed by atoms with Crippen LogP contribution >= 0.6 is 24.0 Å². The van der Waals surface area contributed by atoms with Crippen LogP contribution in [0.5, 0.6) is 0 Å². The molecule has 0 bridgehead atoms. The molecule has 9 heteroatoms. The lowest BCUT2D eigenvalue weighted by molar-refractivity contribution is 0.168. The molecule has 2 heterocycles. The molecule has 1 aromatic heterocycles. The molecule has 0 spiro atoms. The number of hydrogen-bond donors (Lipinski definition) is 1. The van der Waals surface area contributed by atoms with E-state index in [-0.39, 0.29) is 29.8 Å². The van der Waals surface area contributed by atoms with Crippen LogP contribution in [0.15, 0.2) is 46.1 Å². The molecular weight excluding hydrogens is 486 g/mol. The van der Waals surface area contributed by atoms with Crippen LogP contribution in [0.25, 0.3) is 0 Å². The van der Waals surface area contributed by atoms with Crippen molar-refractivity contribution in [3.63, 3.8) is 0 Å². The molecule has 0 unspecified atom stereocenters. The number of aromatic nitrogens is 1. The van der Waals surface area contributed by atoms with Crippen molar-refractivity contribution in [3.8, 4) is 0 Å². The van der Waals surface area contributed by atoms with Crippen LogP contribution in [0.2, 0.25) is 0 Å². The molecule has 160 valence electrons. The number of hydrogen-bond acceptors (Lipinski definition) is 5. The van der Waals surface area contributed by atoms with Crippen LogP contribution in [0.4, 0.5) is 4.39 Å². The van der Waals surface area contributed by atoms with E-state index in [1.54, 1.807) is 6.26 Å². The van der Waals surface area contributed by atoms with E-state index >= 15 is 0 Å². The molecule has 1 aromatic carbocycles. The van der Waals surface area contributed by atoms with E-state index in [1.807, 2.05) is 25.2 Å². The fraction of sp³-hybridized carbons (Fsp3) is 0.500. The van der Waals surface area contributed by atoms with Gasteiger partial charge in [0.05, 0.1) is 5.69 Å². The van der Waals surface area contributed by atoms with Gasteiger partial charge in [-0.1, -0.05) is 17.3 Å². The first kappa shape index (κ1) is 23.6. The highest BCUT2D eigenvalue weighted by atomic mass is 127. The number of nitrogens with zero attached hydrogens (tertiary/aromatic N) is 5. The van der Waals surface area contributed by atoms with Crippen molar-refractivity contribution in [3.05, 3.63) is 53.7 Å². The third-order valence-electron chi connectivity index (χ3n) is 4.90. The number of aliphatic imine (C=N–C) groups is 1. The molecule has 2 aromatic rings. The molecule has 1 aliphatic rings. The average Bonchev–Trinajstić information content (AvgIpc) is 3.21. The Morgan fingerprint density at radius 3 is 2.55 bits per heavy atom. The van der Waals surface area contributed by atoms with Gasteiger partial charge in [0, 0.05) is 65.5 Å². The van der Waals surface area contributed by atoms with Gasteiger partial charge in [-0.2, -0.15) is 0 Å². The predicted octanol–water partition coefficient (Wildman–Crippen LogP) is 2.26. The summed E-state index contributed by atoms with van der Waals surface area (Å²) in [4.78, 5) is 11.3. The summed E-state index contributed by atoms with van der Waals surface area (Å²) in [5.74, 6) is 0.745. The van der Waals surface area contributed by atoms with Crippen molar-refractivity contribution in [2.45, 2.75) is 13.1 Å². The Hall–Kier alpha value is -1.72. The fourth-order valence-corrected chi connectivity index (χ4v) is 3.34. The van der Waals surface area contributed by atoms with Crippen LogP contribution < -0.4 is 5.32 Å². The van der Waals surface area contributed by atoms with Gasteiger partial charge in [0.1, 0.15) is 12.1 Å². The van der Waals surface area contributed by atoms with Crippen molar-refractivity contribution < 1.29 is 8.91 Å². The Labute approximate surface area is 188 Å². The normalized spacial score (nSPS) is 15.4. The lowest BCUT2D eigenvalue weighted by atomic mass is 10.2. The molecule has 7 nitrogen and oxygen atoms in total. The Kier molecular flexibility index (Phi) is 9.82. The minimum absolute atomic E-state index is 0. The molecule has 0 saturated carbocycles. The lowest BCUT2D eigenvalue weighted by Crippen LogP contribution is -2.52. The van der Waals surface area contributed by atoms with Gasteiger partial charge in [-0.3, -0.25) is 9.89 Å². The molecule has 1 fully saturated rings. The number of rotatable bonds is 7. The number of likely N-dealkylation sites (N-methyl/N-ethyl adjacent to an activating group) is 1. The monoisotopic (exact) mass is 516 g/mol. The number of benzene rings is 1. The molecule has 0 radical (unpaired) electrons. The summed E-state index contributed by atoms with van der Waals surface area (Å²) in [5.41, 5.74) is 2.08. The zero-order chi connectivity index (χ0) is 19.8. The highest BCUT2D eigenvalue weighted by Gasteiger charge is 2.20. The third kappa shape index (κ3) is 7.56. The Morgan fingerprint density at radius 2 is 1.93 bits per heavy atom. The van der Waals surface area contributed by atoms with Crippen molar-refractivity contribution >= 4 is 29.9 Å². The largest absolute Gasteiger partial charge is 0.364 e. The molecule has 0 aliphatic carbocycles. The molecule has 1 N–H and O–H groups in total. The highest BCUT2D eigenvalue weighted by molar-refractivity contribution is 14.0. The number of guanidine groups is 1. The molecule has 3 rings (SSSR count). The highest BCUT2D eigenvalue weighted by Crippen LogP contribution is 2.08. The molecule has 29 heavy (non-hydrogen) atoms. The molecule has 1 aliphatic heterocycles. The van der Waals surface area contributed by atoms with Gasteiger partial charge in [-0.15, -0.1) is 24.0 Å². The summed E-state index contributed by atoms with van der Waals surface area (Å²) < 4.78 is 17.9. The molecular formula is C20H30FIN6O. The van der Waals surface area contributed by atoms with Gasteiger partial charge in [-0.25, -0.2) is 4.39 Å². The van der Waals surface area contributed by atoms with E-state index in [0.717, 1.165) is 69.6 Å². The summed E-state index contributed by atoms with van der Waals surface area (Å²) in [6, 6.07) is 8.58. The maximum absolute atomic E-state index is 13.0. The summed E-state index contributed by atoms with van der Waals surface area (Å²) in [6.07, 6.45) is 1.62. The number of halogens is 2. The minimum atomic E-state index is -0.196. The second kappa shape index (κ2) is 12.1. The van der Waals surface area contributed by atoms with Crippen LogP contribution in [-0.4, -0.2) is 79.2 Å². The van der Waals surface area contributed by atoms with Gasteiger partial charge >= 0.3 is 0 Å². The van der Waals surface area contributed by atoms with Crippen LogP contribution in [-0.2, 0) is 13.1 Å². The van der Waals surface area contributed by atoms with Gasteiger partial charge in [0.2, 0.25) is 0 Å². The van der Waals surface area contributed by atoms with E-state index in [1.165, 1.54) is 12.1 Å². The Morgan fingerprint density at radius 1 is 1.21 bits per heavy atom. The smallest absolute Gasteiger partial charge is 0.193 e. The number of nitrogens with one attached hydrogen (secondary N) is 1. The van der Waals surface area contributed by atoms with E-state index in [4.69, 9.17) is 4.52 Å². The van der Waals surface area contributed by atoms with E-state index < -0.39 is 0 Å². The maximum atomic E-state index is 13.0. The quantitative estimate of drug-likeness (QED) is 0.346. The van der Waals surface area contributed by atoms with Crippen LogP contribution in [0.1, 0.15) is 11.3 Å². The van der Waals surface area contributed by atoms with E-state index in [0.29, 0.717) is 0 Å². The second-order valence-corrected chi connectivity index (χ2v) is 7.09. The van der Waals surface area contributed by atoms with Gasteiger partial charge < -0.3 is 19.6 Å². The van der Waals surface area contributed by atoms with Crippen LogP contribution in [0, 0.1) is 5.82 Å². The van der Waals surface area contributed by atoms with Crippen molar-refractivity contribution in [1.82, 2.24) is 25.2 Å². The standard InChI is InChI=1S/C20H29FN6O.HI/c1-22-20(23-8-9-25(2)15-17-3-5-18(21)6-4-17)27-12-10-26(11-13-27)16-19-7-14-28-24-19;/h3-7,14H,8-13,15-16H2,1-2H3,(H,22,23);1H. The van der Waals surface area contributed by atoms with Gasteiger partial charge in [0.15, 0.2) is 5.96 Å². The summed E-state index contributed by atoms with van der Waals surface area (Å²) in [6.45, 7) is 7.11. The maximum Gasteiger partial charge on any atom is 0.193 e. The molecule has 0 atom stereocenters. The van der Waals surface area contributed by atoms with Crippen LogP contribution in [0.3, 0.4) is 0 Å². The Bertz CT molecular complexity index is 732. The zero-order valence-electron chi connectivity index (χ0n) is 17.1. The summed E-state index contributed by atoms with van der Waals surface area (Å²) in [7, 11) is 3.89. The van der Waals surface area contributed by atoms with Crippen molar-refractivity contribution in [2.24, 2.45) is 4.99 Å². The van der Waals surface area contributed by atoms with E-state index in [9.17, 15) is 4.39 Å². The summed E-state index contributed by atoms with van der Waals surface area (Å²) in [5, 5.41) is 7.44. The first-order valence-electron chi connectivity index (χ1n) is 9.64. The Balaban J connectivity index is 0.00000300. The minimum Gasteiger partial charge on any atom is -0.364 e. The first-order valence-corrected chi connectivity index (χ1v) is 9.64. The molecule has 0 amide bonds. The van der Waals surface area contributed by atoms with Gasteiger partial charge in [-0.05, 0) is 24.7 Å². The summed E-state index contributed by atoms with van der Waals surface area (Å²) >= 11 is 0. The fourth-order valence-electron chi connectivity index (χ4n) is 3.34. The number of piperazine rings is 1. The first-order chi connectivity index (χ1) is 13.6. The predicted molar refractivity (Wildman–Crippen MR) is 123 cm³/mol. The lowest BCUT2D eigenvalue weighted by Gasteiger charge is -2.36. The van der Waals surface area contributed by atoms with E-state index in [2.05, 4.69) is 37.2 Å². The third-order valence-corrected chi connectivity index (χ3v) is 4.90. The van der Waals surface area contributed by atoms with Crippen molar-refractivity contribution in [1.29, 1.82) is 0 Å². The zero-order valence-corrected chi connectivity index (χ0v) is 19.4. The SMILES string of the molecule is CN=C(NCCN(C)Cc1ccc(F)cc1)N1CCN(Cc2ccon2)CC1.I. The second-order valence-electron chi connectivity index (χ2n) is 7.09. The van der Waals surface area contributed by atoms with Crippen molar-refractivity contribution in [2.75, 3.05) is 53.4 Å². The average molecular weight is 516 g/mol. The van der Waals surface area contributed by atoms with Gasteiger partial charge in [0.25, 0.3) is 0 Å².